The SMILES string of the molecule is C=Cc1ccc(Nc2nc(N)nc(-c3ccc(Cl)cc3)n2)cc1. The molecule has 23 heavy (non-hydrogen) atoms. The van der Waals surface area contributed by atoms with E-state index in [0.29, 0.717) is 16.8 Å². The topological polar surface area (TPSA) is 76.7 Å². The van der Waals surface area contributed by atoms with Crippen LogP contribution in [0.1, 0.15) is 5.56 Å². The third-order valence-corrected chi connectivity index (χ3v) is 3.41. The van der Waals surface area contributed by atoms with Crippen molar-refractivity contribution in [2.75, 3.05) is 11.1 Å². The van der Waals surface area contributed by atoms with E-state index >= 15 is 0 Å². The minimum absolute atomic E-state index is 0.148. The normalized spacial score (nSPS) is 10.3. The minimum atomic E-state index is 0.148. The molecule has 0 amide bonds. The number of hydrogen-bond acceptors (Lipinski definition) is 5. The zero-order chi connectivity index (χ0) is 16.2. The Morgan fingerprint density at radius 3 is 2.30 bits per heavy atom. The monoisotopic (exact) mass is 323 g/mol. The molecule has 0 aliphatic rings. The van der Waals surface area contributed by atoms with E-state index in [9.17, 15) is 0 Å². The van der Waals surface area contributed by atoms with Gasteiger partial charge in [-0.1, -0.05) is 36.4 Å². The lowest BCUT2D eigenvalue weighted by atomic mass is 10.2. The van der Waals surface area contributed by atoms with Gasteiger partial charge in [0.15, 0.2) is 5.82 Å². The van der Waals surface area contributed by atoms with Crippen molar-refractivity contribution in [3.05, 3.63) is 65.7 Å². The first kappa shape index (κ1) is 15.0. The van der Waals surface area contributed by atoms with E-state index in [1.807, 2.05) is 36.4 Å². The zero-order valence-corrected chi connectivity index (χ0v) is 13.0. The van der Waals surface area contributed by atoms with Crippen LogP contribution in [0.4, 0.5) is 17.6 Å². The molecule has 0 saturated carbocycles. The van der Waals surface area contributed by atoms with E-state index in [0.717, 1.165) is 16.8 Å². The lowest BCUT2D eigenvalue weighted by Gasteiger charge is -2.08. The average molecular weight is 324 g/mol. The first-order chi connectivity index (χ1) is 11.1. The number of rotatable bonds is 4. The van der Waals surface area contributed by atoms with Gasteiger partial charge in [0.1, 0.15) is 0 Å². The number of hydrogen-bond donors (Lipinski definition) is 2. The Kier molecular flexibility index (Phi) is 4.21. The van der Waals surface area contributed by atoms with Crippen LogP contribution in [0, 0.1) is 0 Å². The van der Waals surface area contributed by atoms with Gasteiger partial charge in [-0.2, -0.15) is 15.0 Å². The van der Waals surface area contributed by atoms with Gasteiger partial charge in [-0.3, -0.25) is 0 Å². The Morgan fingerprint density at radius 2 is 1.65 bits per heavy atom. The molecule has 0 unspecified atom stereocenters. The fourth-order valence-corrected chi connectivity index (χ4v) is 2.13. The molecule has 3 aromatic rings. The number of nitrogens with one attached hydrogen (secondary N) is 1. The Morgan fingerprint density at radius 1 is 0.957 bits per heavy atom. The summed E-state index contributed by atoms with van der Waals surface area (Å²) in [5.74, 6) is 1.02. The molecule has 0 spiro atoms. The molecule has 0 saturated heterocycles. The molecule has 0 aliphatic carbocycles. The van der Waals surface area contributed by atoms with Crippen LogP contribution >= 0.6 is 11.6 Å². The Balaban J connectivity index is 1.90. The summed E-state index contributed by atoms with van der Waals surface area (Å²) in [6.07, 6.45) is 1.78. The predicted molar refractivity (Wildman–Crippen MR) is 94.5 cm³/mol. The number of nitrogens with two attached hydrogens (primary N) is 1. The summed E-state index contributed by atoms with van der Waals surface area (Å²) >= 11 is 5.90. The Bertz CT molecular complexity index is 829. The van der Waals surface area contributed by atoms with Gasteiger partial charge in [0, 0.05) is 16.3 Å². The molecule has 0 aliphatic heterocycles. The molecule has 5 nitrogen and oxygen atoms in total. The number of nitrogens with zero attached hydrogens (tertiary/aromatic N) is 3. The largest absolute Gasteiger partial charge is 0.368 e. The van der Waals surface area contributed by atoms with E-state index < -0.39 is 0 Å². The number of benzene rings is 2. The van der Waals surface area contributed by atoms with E-state index in [2.05, 4.69) is 26.8 Å². The van der Waals surface area contributed by atoms with Crippen LogP contribution in [0.2, 0.25) is 5.02 Å². The molecular formula is C17H14ClN5. The molecule has 0 bridgehead atoms. The van der Waals surface area contributed by atoms with Crippen LogP contribution in [0.15, 0.2) is 55.1 Å². The molecule has 3 N–H and O–H groups in total. The van der Waals surface area contributed by atoms with Crippen LogP contribution in [0.5, 0.6) is 0 Å². The van der Waals surface area contributed by atoms with Crippen molar-refractivity contribution in [1.29, 1.82) is 0 Å². The highest BCUT2D eigenvalue weighted by atomic mass is 35.5. The first-order valence-electron chi connectivity index (χ1n) is 6.91. The first-order valence-corrected chi connectivity index (χ1v) is 7.29. The summed E-state index contributed by atoms with van der Waals surface area (Å²) in [4.78, 5) is 12.7. The highest BCUT2D eigenvalue weighted by Crippen LogP contribution is 2.21. The third-order valence-electron chi connectivity index (χ3n) is 3.16. The molecule has 3 rings (SSSR count). The maximum atomic E-state index is 5.90. The van der Waals surface area contributed by atoms with Crippen molar-refractivity contribution in [2.45, 2.75) is 0 Å². The smallest absolute Gasteiger partial charge is 0.232 e. The predicted octanol–water partition coefficient (Wildman–Crippen LogP) is 4.16. The molecule has 0 atom stereocenters. The molecule has 0 radical (unpaired) electrons. The molecule has 1 aromatic heterocycles. The van der Waals surface area contributed by atoms with Gasteiger partial charge >= 0.3 is 0 Å². The minimum Gasteiger partial charge on any atom is -0.368 e. The number of anilines is 3. The van der Waals surface area contributed by atoms with Crippen LogP contribution in [-0.4, -0.2) is 15.0 Å². The van der Waals surface area contributed by atoms with Crippen molar-refractivity contribution in [3.63, 3.8) is 0 Å². The van der Waals surface area contributed by atoms with E-state index in [1.165, 1.54) is 0 Å². The van der Waals surface area contributed by atoms with Crippen LogP contribution < -0.4 is 11.1 Å². The van der Waals surface area contributed by atoms with Gasteiger partial charge in [-0.25, -0.2) is 0 Å². The second-order valence-electron chi connectivity index (χ2n) is 4.80. The summed E-state index contributed by atoms with van der Waals surface area (Å²) in [6, 6.07) is 14.9. The second-order valence-corrected chi connectivity index (χ2v) is 5.24. The quantitative estimate of drug-likeness (QED) is 0.753. The number of halogens is 1. The summed E-state index contributed by atoms with van der Waals surface area (Å²) in [6.45, 7) is 3.73. The van der Waals surface area contributed by atoms with Crippen molar-refractivity contribution in [1.82, 2.24) is 15.0 Å². The van der Waals surface area contributed by atoms with Gasteiger partial charge in [0.05, 0.1) is 0 Å². The van der Waals surface area contributed by atoms with Crippen LogP contribution in [0.3, 0.4) is 0 Å². The fraction of sp³-hybridized carbons (Fsp3) is 0. The maximum Gasteiger partial charge on any atom is 0.232 e. The molecule has 0 fully saturated rings. The summed E-state index contributed by atoms with van der Waals surface area (Å²) in [5.41, 5.74) is 8.48. The van der Waals surface area contributed by atoms with Crippen molar-refractivity contribution < 1.29 is 0 Å². The Labute approximate surface area is 138 Å². The van der Waals surface area contributed by atoms with Crippen molar-refractivity contribution in [3.8, 4) is 11.4 Å². The highest BCUT2D eigenvalue weighted by Gasteiger charge is 2.07. The van der Waals surface area contributed by atoms with Gasteiger partial charge in [-0.15, -0.1) is 0 Å². The van der Waals surface area contributed by atoms with Gasteiger partial charge in [-0.05, 0) is 42.0 Å². The molecule has 114 valence electrons. The molecule has 1 heterocycles. The van der Waals surface area contributed by atoms with E-state index in [-0.39, 0.29) is 5.95 Å². The van der Waals surface area contributed by atoms with E-state index in [1.54, 1.807) is 18.2 Å². The highest BCUT2D eigenvalue weighted by molar-refractivity contribution is 6.30. The summed E-state index contributed by atoms with van der Waals surface area (Å²) in [5, 5.41) is 3.76. The standard InChI is InChI=1S/C17H14ClN5/c1-2-11-3-9-14(10-4-11)20-17-22-15(21-16(19)23-17)12-5-7-13(18)8-6-12/h2-10H,1H2,(H3,19,20,21,22,23). The number of nitrogen functional groups attached to an aromatic ring is 1. The van der Waals surface area contributed by atoms with Crippen LogP contribution in [-0.2, 0) is 0 Å². The fourth-order valence-electron chi connectivity index (χ4n) is 2.01. The Hall–Kier alpha value is -2.92. The molecular weight excluding hydrogens is 310 g/mol. The van der Waals surface area contributed by atoms with Gasteiger partial charge in [0.25, 0.3) is 0 Å². The average Bonchev–Trinajstić information content (AvgIpc) is 2.56. The third kappa shape index (κ3) is 3.64. The van der Waals surface area contributed by atoms with E-state index in [4.69, 9.17) is 17.3 Å². The van der Waals surface area contributed by atoms with Crippen LogP contribution in [0.25, 0.3) is 17.5 Å². The molecule has 6 heteroatoms. The maximum absolute atomic E-state index is 5.90. The summed E-state index contributed by atoms with van der Waals surface area (Å²) < 4.78 is 0. The van der Waals surface area contributed by atoms with Crippen molar-refractivity contribution in [2.24, 2.45) is 0 Å². The summed E-state index contributed by atoms with van der Waals surface area (Å²) in [7, 11) is 0. The van der Waals surface area contributed by atoms with Gasteiger partial charge < -0.3 is 11.1 Å². The number of aromatic nitrogens is 3. The van der Waals surface area contributed by atoms with Crippen molar-refractivity contribution >= 4 is 35.3 Å². The zero-order valence-electron chi connectivity index (χ0n) is 12.2. The second kappa shape index (κ2) is 6.46. The van der Waals surface area contributed by atoms with Gasteiger partial charge in [0.2, 0.25) is 11.9 Å². The lowest BCUT2D eigenvalue weighted by Crippen LogP contribution is -2.04. The lowest BCUT2D eigenvalue weighted by molar-refractivity contribution is 1.08. The molecule has 2 aromatic carbocycles.